The summed E-state index contributed by atoms with van der Waals surface area (Å²) in [6.45, 7) is 11.2. The van der Waals surface area contributed by atoms with Gasteiger partial charge in [0.05, 0.1) is 6.61 Å². The Morgan fingerprint density at radius 2 is 1.42 bits per heavy atom. The van der Waals surface area contributed by atoms with Crippen molar-refractivity contribution in [3.63, 3.8) is 0 Å². The molecular formula is C40H43ClN2O5. The fourth-order valence-electron chi connectivity index (χ4n) is 7.30. The lowest BCUT2D eigenvalue weighted by atomic mass is 9.63. The topological polar surface area (TPSA) is 84.9 Å². The molecule has 0 atom stereocenters. The molecule has 250 valence electrons. The summed E-state index contributed by atoms with van der Waals surface area (Å²) in [6.07, 6.45) is 2.27. The van der Waals surface area contributed by atoms with Gasteiger partial charge in [-0.05, 0) is 78.1 Å². The second-order valence-corrected chi connectivity index (χ2v) is 15.0. The molecule has 0 saturated carbocycles. The molecule has 0 aromatic heterocycles. The van der Waals surface area contributed by atoms with Gasteiger partial charge in [-0.2, -0.15) is 0 Å². The molecule has 1 N–H and O–H groups in total. The van der Waals surface area contributed by atoms with Gasteiger partial charge in [-0.15, -0.1) is 0 Å². The van der Waals surface area contributed by atoms with Crippen LogP contribution in [0.25, 0.3) is 0 Å². The molecule has 3 aliphatic rings. The van der Waals surface area contributed by atoms with Gasteiger partial charge >= 0.3 is 0 Å². The largest absolute Gasteiger partial charge is 0.490 e. The maximum Gasteiger partial charge on any atom is 0.262 e. The fourth-order valence-corrected chi connectivity index (χ4v) is 7.43. The second kappa shape index (κ2) is 13.3. The lowest BCUT2D eigenvalue weighted by molar-refractivity contribution is -0.120. The molecular weight excluding hydrogens is 624 g/mol. The Labute approximate surface area is 288 Å². The highest BCUT2D eigenvalue weighted by atomic mass is 35.5. The molecule has 1 aliphatic heterocycles. The van der Waals surface area contributed by atoms with Crippen LogP contribution in [0.4, 0.5) is 5.69 Å². The molecule has 0 fully saturated rings. The van der Waals surface area contributed by atoms with Crippen LogP contribution in [0.3, 0.4) is 0 Å². The number of Topliss-reactive ketones (excluding diaryl/α,β-unsaturated/α-hetero) is 2. The van der Waals surface area contributed by atoms with Gasteiger partial charge in [0.25, 0.3) is 5.91 Å². The summed E-state index contributed by atoms with van der Waals surface area (Å²) in [5.74, 6) is 0.165. The van der Waals surface area contributed by atoms with E-state index in [4.69, 9.17) is 21.1 Å². The van der Waals surface area contributed by atoms with E-state index in [1.54, 1.807) is 30.3 Å². The summed E-state index contributed by atoms with van der Waals surface area (Å²) < 4.78 is 12.0. The van der Waals surface area contributed by atoms with Crippen molar-refractivity contribution in [2.45, 2.75) is 72.8 Å². The summed E-state index contributed by atoms with van der Waals surface area (Å²) in [6, 6.07) is 22.7. The Hall–Kier alpha value is -4.36. The predicted molar refractivity (Wildman–Crippen MR) is 188 cm³/mol. The van der Waals surface area contributed by atoms with Crippen LogP contribution in [0.2, 0.25) is 5.02 Å². The second-order valence-electron chi connectivity index (χ2n) is 14.6. The van der Waals surface area contributed by atoms with Crippen molar-refractivity contribution in [2.24, 2.45) is 10.8 Å². The van der Waals surface area contributed by atoms with Crippen LogP contribution in [0, 0.1) is 10.8 Å². The number of nitrogens with one attached hydrogen (secondary N) is 1. The van der Waals surface area contributed by atoms with E-state index in [1.807, 2.05) is 37.3 Å². The quantitative estimate of drug-likeness (QED) is 0.246. The number of ketones is 2. The summed E-state index contributed by atoms with van der Waals surface area (Å²) in [7, 11) is 0. The Kier molecular flexibility index (Phi) is 9.27. The zero-order valence-corrected chi connectivity index (χ0v) is 29.1. The summed E-state index contributed by atoms with van der Waals surface area (Å²) in [5, 5.41) is 3.38. The zero-order chi connectivity index (χ0) is 34.2. The van der Waals surface area contributed by atoms with Crippen LogP contribution in [-0.2, 0) is 20.9 Å². The number of anilines is 1. The van der Waals surface area contributed by atoms with Crippen molar-refractivity contribution in [3.05, 3.63) is 111 Å². The van der Waals surface area contributed by atoms with Crippen LogP contribution in [0.5, 0.6) is 11.5 Å². The minimum Gasteiger partial charge on any atom is -0.490 e. The highest BCUT2D eigenvalue weighted by Gasteiger charge is 2.49. The van der Waals surface area contributed by atoms with Crippen molar-refractivity contribution in [3.8, 4) is 11.5 Å². The van der Waals surface area contributed by atoms with Crippen LogP contribution in [0.1, 0.15) is 77.3 Å². The van der Waals surface area contributed by atoms with Gasteiger partial charge in [0.2, 0.25) is 0 Å². The van der Waals surface area contributed by atoms with E-state index in [0.717, 1.165) is 35.4 Å². The van der Waals surface area contributed by atoms with Gasteiger partial charge < -0.3 is 19.7 Å². The third-order valence-corrected chi connectivity index (χ3v) is 9.55. The molecule has 8 heteroatoms. The number of amides is 1. The van der Waals surface area contributed by atoms with E-state index in [9.17, 15) is 14.4 Å². The maximum atomic E-state index is 14.2. The number of hydrogen-bond acceptors (Lipinski definition) is 6. The average Bonchev–Trinajstić information content (AvgIpc) is 3.02. The summed E-state index contributed by atoms with van der Waals surface area (Å²) in [4.78, 5) is 43.5. The lowest BCUT2D eigenvalue weighted by Crippen LogP contribution is -2.44. The average molecular weight is 667 g/mol. The first-order valence-corrected chi connectivity index (χ1v) is 17.0. The van der Waals surface area contributed by atoms with E-state index in [-0.39, 0.29) is 34.9 Å². The Balaban J connectivity index is 1.40. The van der Waals surface area contributed by atoms with E-state index in [0.29, 0.717) is 59.3 Å². The van der Waals surface area contributed by atoms with Gasteiger partial charge in [-0.1, -0.05) is 75.7 Å². The zero-order valence-electron chi connectivity index (χ0n) is 28.3. The summed E-state index contributed by atoms with van der Waals surface area (Å²) in [5.41, 5.74) is 5.52. The van der Waals surface area contributed by atoms with Crippen LogP contribution in [-0.4, -0.2) is 35.6 Å². The molecule has 3 aromatic rings. The Morgan fingerprint density at radius 3 is 2.00 bits per heavy atom. The highest BCUT2D eigenvalue weighted by molar-refractivity contribution is 6.30. The van der Waals surface area contributed by atoms with Crippen molar-refractivity contribution in [1.82, 2.24) is 4.90 Å². The molecule has 1 amide bonds. The smallest absolute Gasteiger partial charge is 0.262 e. The molecule has 0 saturated heterocycles. The van der Waals surface area contributed by atoms with Crippen molar-refractivity contribution < 1.29 is 23.9 Å². The van der Waals surface area contributed by atoms with E-state index < -0.39 is 5.92 Å². The predicted octanol–water partition coefficient (Wildman–Crippen LogP) is 8.64. The van der Waals surface area contributed by atoms with Crippen molar-refractivity contribution >= 4 is 34.8 Å². The molecule has 7 nitrogen and oxygen atoms in total. The number of ether oxygens (including phenoxy) is 2. The van der Waals surface area contributed by atoms with Gasteiger partial charge in [-0.3, -0.25) is 14.4 Å². The van der Waals surface area contributed by atoms with Crippen molar-refractivity contribution in [1.29, 1.82) is 0 Å². The molecule has 0 unspecified atom stereocenters. The molecule has 0 radical (unpaired) electrons. The molecule has 2 aliphatic carbocycles. The number of hydrogen-bond donors (Lipinski definition) is 1. The van der Waals surface area contributed by atoms with Gasteiger partial charge in [0.15, 0.2) is 29.7 Å². The molecule has 48 heavy (non-hydrogen) atoms. The third-order valence-electron chi connectivity index (χ3n) is 9.29. The summed E-state index contributed by atoms with van der Waals surface area (Å²) >= 11 is 5.97. The normalized spacial score (nSPS) is 18.8. The Bertz CT molecular complexity index is 1750. The standard InChI is InChI=1S/C40H43ClN2O5/c1-6-47-34-18-26(12-17-33(34)48-24-35(46)42-28-15-13-27(41)14-16-28)36-37-29(19-39(2,3)21-31(37)44)43(23-25-10-8-7-9-11-25)30-20-40(4,5)22-32(45)38(30)36/h7-18,36H,6,19-24H2,1-5H3,(H,42,46). The molecule has 3 aromatic carbocycles. The van der Waals surface area contributed by atoms with E-state index >= 15 is 0 Å². The monoisotopic (exact) mass is 666 g/mol. The third kappa shape index (κ3) is 7.07. The molecule has 0 spiro atoms. The van der Waals surface area contributed by atoms with Crippen LogP contribution in [0.15, 0.2) is 95.3 Å². The molecule has 0 bridgehead atoms. The highest BCUT2D eigenvalue weighted by Crippen LogP contribution is 2.55. The Morgan fingerprint density at radius 1 is 0.812 bits per heavy atom. The number of allylic oxidation sites excluding steroid dienone is 4. The van der Waals surface area contributed by atoms with Crippen LogP contribution < -0.4 is 14.8 Å². The minimum atomic E-state index is -0.518. The minimum absolute atomic E-state index is 0.0747. The number of carbonyl (C=O) groups excluding carboxylic acids is 3. The maximum absolute atomic E-state index is 14.2. The number of halogens is 1. The molecule has 1 heterocycles. The first kappa shape index (κ1) is 33.5. The van der Waals surface area contributed by atoms with Crippen molar-refractivity contribution in [2.75, 3.05) is 18.5 Å². The first-order chi connectivity index (χ1) is 22.8. The number of rotatable bonds is 9. The SMILES string of the molecule is CCOc1cc(C2C3=C(CC(C)(C)CC3=O)N(Cc3ccccc3)C3=C2C(=O)CC(C)(C)C3)ccc1OCC(=O)Nc1ccc(Cl)cc1. The van der Waals surface area contributed by atoms with Gasteiger partial charge in [0.1, 0.15) is 0 Å². The number of nitrogens with zero attached hydrogens (tertiary/aromatic N) is 1. The van der Waals surface area contributed by atoms with E-state index in [1.165, 1.54) is 0 Å². The number of carbonyl (C=O) groups is 3. The van der Waals surface area contributed by atoms with Gasteiger partial charge in [0, 0.05) is 58.6 Å². The lowest BCUT2D eigenvalue weighted by Gasteiger charge is -2.49. The number of benzene rings is 3. The fraction of sp³-hybridized carbons (Fsp3) is 0.375. The van der Waals surface area contributed by atoms with E-state index in [2.05, 4.69) is 50.0 Å². The molecule has 6 rings (SSSR count). The first-order valence-electron chi connectivity index (χ1n) is 16.6. The van der Waals surface area contributed by atoms with Gasteiger partial charge in [-0.25, -0.2) is 0 Å². The van der Waals surface area contributed by atoms with Crippen LogP contribution >= 0.6 is 11.6 Å².